The lowest BCUT2D eigenvalue weighted by Gasteiger charge is -2.16. The lowest BCUT2D eigenvalue weighted by Crippen LogP contribution is -2.11. The summed E-state index contributed by atoms with van der Waals surface area (Å²) >= 11 is 6.14. The zero-order valence-electron chi connectivity index (χ0n) is 11.6. The van der Waals surface area contributed by atoms with Crippen LogP contribution in [0.2, 0.25) is 5.02 Å². The van der Waals surface area contributed by atoms with E-state index in [4.69, 9.17) is 11.6 Å². The van der Waals surface area contributed by atoms with Crippen molar-refractivity contribution >= 4 is 28.9 Å². The van der Waals surface area contributed by atoms with Gasteiger partial charge in [-0.25, -0.2) is 0 Å². The van der Waals surface area contributed by atoms with Gasteiger partial charge in [-0.1, -0.05) is 11.6 Å². The molecule has 106 valence electrons. The van der Waals surface area contributed by atoms with Crippen molar-refractivity contribution < 1.29 is 4.79 Å². The third-order valence-corrected chi connectivity index (χ3v) is 3.28. The molecule has 0 spiro atoms. The van der Waals surface area contributed by atoms with Gasteiger partial charge in [-0.05, 0) is 31.2 Å². The van der Waals surface area contributed by atoms with Crippen molar-refractivity contribution in [3.8, 4) is 0 Å². The van der Waals surface area contributed by atoms with Crippen molar-refractivity contribution in [1.82, 2.24) is 9.78 Å². The number of amides is 1. The lowest BCUT2D eigenvalue weighted by atomic mass is 10.2. The summed E-state index contributed by atoms with van der Waals surface area (Å²) in [5.74, 6) is -0.143. The Hall–Kier alpha value is -2.01. The van der Waals surface area contributed by atoms with E-state index >= 15 is 0 Å². The number of hydrogen-bond donors (Lipinski definition) is 2. The van der Waals surface area contributed by atoms with Gasteiger partial charge in [-0.3, -0.25) is 9.48 Å². The third-order valence-electron chi connectivity index (χ3n) is 2.97. The summed E-state index contributed by atoms with van der Waals surface area (Å²) in [6.45, 7) is 3.50. The quantitative estimate of drug-likeness (QED) is 0.910. The number of halogens is 1. The second-order valence-corrected chi connectivity index (χ2v) is 5.03. The Morgan fingerprint density at radius 1 is 1.40 bits per heavy atom. The third kappa shape index (κ3) is 3.30. The molecule has 0 aliphatic heterocycles. The smallest absolute Gasteiger partial charge is 0.221 e. The molecule has 2 rings (SSSR count). The van der Waals surface area contributed by atoms with Gasteiger partial charge in [-0.2, -0.15) is 5.10 Å². The normalized spacial score (nSPS) is 12.0. The van der Waals surface area contributed by atoms with Crippen molar-refractivity contribution in [2.45, 2.75) is 19.9 Å². The number of rotatable bonds is 4. The Morgan fingerprint density at radius 3 is 2.70 bits per heavy atom. The molecule has 0 saturated carbocycles. The van der Waals surface area contributed by atoms with Gasteiger partial charge in [0.15, 0.2) is 0 Å². The number of aromatic nitrogens is 2. The average Bonchev–Trinajstić information content (AvgIpc) is 2.78. The molecule has 6 heteroatoms. The van der Waals surface area contributed by atoms with Crippen molar-refractivity contribution in [2.75, 3.05) is 10.6 Å². The Morgan fingerprint density at radius 2 is 2.15 bits per heavy atom. The van der Waals surface area contributed by atoms with Crippen LogP contribution in [0.25, 0.3) is 0 Å². The van der Waals surface area contributed by atoms with Gasteiger partial charge in [-0.15, -0.1) is 0 Å². The first kappa shape index (κ1) is 14.4. The van der Waals surface area contributed by atoms with Gasteiger partial charge in [0.2, 0.25) is 5.91 Å². The number of nitrogens with one attached hydrogen (secondary N) is 2. The van der Waals surface area contributed by atoms with Gasteiger partial charge in [0.05, 0.1) is 22.4 Å². The van der Waals surface area contributed by atoms with Crippen LogP contribution >= 0.6 is 11.6 Å². The highest BCUT2D eigenvalue weighted by Crippen LogP contribution is 2.27. The van der Waals surface area contributed by atoms with Crippen LogP contribution < -0.4 is 10.6 Å². The van der Waals surface area contributed by atoms with Crippen molar-refractivity contribution in [1.29, 1.82) is 0 Å². The van der Waals surface area contributed by atoms with Crippen molar-refractivity contribution in [3.05, 3.63) is 41.2 Å². The van der Waals surface area contributed by atoms with Gasteiger partial charge in [0.1, 0.15) is 0 Å². The van der Waals surface area contributed by atoms with Gasteiger partial charge in [0.25, 0.3) is 0 Å². The topological polar surface area (TPSA) is 59.0 Å². The maximum atomic E-state index is 11.0. The van der Waals surface area contributed by atoms with E-state index in [0.717, 1.165) is 11.4 Å². The molecule has 1 aromatic heterocycles. The lowest BCUT2D eigenvalue weighted by molar-refractivity contribution is -0.114. The molecule has 5 nitrogen and oxygen atoms in total. The SMILES string of the molecule is CC(=O)Nc1ccc(NC(C)c2ccnn2C)cc1Cl. The molecule has 1 heterocycles. The Balaban J connectivity index is 2.12. The van der Waals surface area contributed by atoms with E-state index in [1.165, 1.54) is 6.92 Å². The van der Waals surface area contributed by atoms with E-state index in [9.17, 15) is 4.79 Å². The number of hydrogen-bond acceptors (Lipinski definition) is 3. The van der Waals surface area contributed by atoms with E-state index in [2.05, 4.69) is 15.7 Å². The van der Waals surface area contributed by atoms with E-state index in [1.54, 1.807) is 18.3 Å². The van der Waals surface area contributed by atoms with E-state index in [1.807, 2.05) is 30.8 Å². The molecule has 1 atom stereocenters. The Bertz CT molecular complexity index is 623. The molecular weight excluding hydrogens is 276 g/mol. The van der Waals surface area contributed by atoms with E-state index in [-0.39, 0.29) is 11.9 Å². The number of anilines is 2. The fourth-order valence-electron chi connectivity index (χ4n) is 2.03. The molecule has 1 unspecified atom stereocenters. The largest absolute Gasteiger partial charge is 0.377 e. The Kier molecular flexibility index (Phi) is 4.29. The minimum Gasteiger partial charge on any atom is -0.377 e. The van der Waals surface area contributed by atoms with Crippen LogP contribution in [0.5, 0.6) is 0 Å². The molecular formula is C14H17ClN4O. The highest BCUT2D eigenvalue weighted by Gasteiger charge is 2.10. The first-order chi connectivity index (χ1) is 9.47. The molecule has 1 aromatic carbocycles. The average molecular weight is 293 g/mol. The molecule has 2 aromatic rings. The number of nitrogens with zero attached hydrogens (tertiary/aromatic N) is 2. The maximum absolute atomic E-state index is 11.0. The van der Waals surface area contributed by atoms with Gasteiger partial charge >= 0.3 is 0 Å². The summed E-state index contributed by atoms with van der Waals surface area (Å²) in [4.78, 5) is 11.0. The first-order valence-electron chi connectivity index (χ1n) is 6.29. The summed E-state index contributed by atoms with van der Waals surface area (Å²) in [6.07, 6.45) is 1.76. The highest BCUT2D eigenvalue weighted by atomic mass is 35.5. The Labute approximate surface area is 122 Å². The summed E-state index contributed by atoms with van der Waals surface area (Å²) in [5.41, 5.74) is 2.57. The molecule has 1 amide bonds. The molecule has 0 bridgehead atoms. The van der Waals surface area contributed by atoms with Crippen molar-refractivity contribution in [2.24, 2.45) is 7.05 Å². The minimum absolute atomic E-state index is 0.102. The predicted octanol–water partition coefficient (Wildman–Crippen LogP) is 3.21. The fourth-order valence-corrected chi connectivity index (χ4v) is 2.26. The predicted molar refractivity (Wildman–Crippen MR) is 81.0 cm³/mol. The zero-order valence-corrected chi connectivity index (χ0v) is 12.4. The molecule has 0 aliphatic rings. The van der Waals surface area contributed by atoms with Crippen LogP contribution in [-0.4, -0.2) is 15.7 Å². The second-order valence-electron chi connectivity index (χ2n) is 4.62. The zero-order chi connectivity index (χ0) is 14.7. The number of benzene rings is 1. The fraction of sp³-hybridized carbons (Fsp3) is 0.286. The van der Waals surface area contributed by atoms with Crippen LogP contribution in [-0.2, 0) is 11.8 Å². The standard InChI is InChI=1S/C14H17ClN4O/c1-9(14-6-7-16-19(14)3)17-11-4-5-13(12(15)8-11)18-10(2)20/h4-9,17H,1-3H3,(H,18,20). The summed E-state index contributed by atoms with van der Waals surface area (Å²) in [6, 6.07) is 7.52. The van der Waals surface area contributed by atoms with Crippen LogP contribution in [0, 0.1) is 0 Å². The number of carbonyl (C=O) groups is 1. The molecule has 2 N–H and O–H groups in total. The van der Waals surface area contributed by atoms with Crippen molar-refractivity contribution in [3.63, 3.8) is 0 Å². The molecule has 0 saturated heterocycles. The first-order valence-corrected chi connectivity index (χ1v) is 6.66. The van der Waals surface area contributed by atoms with E-state index in [0.29, 0.717) is 10.7 Å². The molecule has 0 aliphatic carbocycles. The van der Waals surface area contributed by atoms with Gasteiger partial charge in [0, 0.05) is 25.9 Å². The van der Waals surface area contributed by atoms with E-state index < -0.39 is 0 Å². The summed E-state index contributed by atoms with van der Waals surface area (Å²) in [7, 11) is 1.90. The maximum Gasteiger partial charge on any atom is 0.221 e. The number of carbonyl (C=O) groups excluding carboxylic acids is 1. The van der Waals surface area contributed by atoms with Crippen LogP contribution in [0.1, 0.15) is 25.6 Å². The second kappa shape index (κ2) is 5.96. The van der Waals surface area contributed by atoms with Gasteiger partial charge < -0.3 is 10.6 Å². The molecule has 20 heavy (non-hydrogen) atoms. The highest BCUT2D eigenvalue weighted by molar-refractivity contribution is 6.34. The number of aryl methyl sites for hydroxylation is 1. The summed E-state index contributed by atoms with van der Waals surface area (Å²) in [5, 5.41) is 10.7. The minimum atomic E-state index is -0.143. The van der Waals surface area contributed by atoms with Crippen LogP contribution in [0.15, 0.2) is 30.5 Å². The monoisotopic (exact) mass is 292 g/mol. The summed E-state index contributed by atoms with van der Waals surface area (Å²) < 4.78 is 1.82. The molecule has 0 radical (unpaired) electrons. The van der Waals surface area contributed by atoms with Crippen LogP contribution in [0.3, 0.4) is 0 Å². The molecule has 0 fully saturated rings. The van der Waals surface area contributed by atoms with Crippen LogP contribution in [0.4, 0.5) is 11.4 Å².